The van der Waals surface area contributed by atoms with Gasteiger partial charge in [-0.1, -0.05) is 0 Å². The highest BCUT2D eigenvalue weighted by molar-refractivity contribution is 5.83. The van der Waals surface area contributed by atoms with Gasteiger partial charge in [0.2, 0.25) is 11.9 Å². The lowest BCUT2D eigenvalue weighted by atomic mass is 9.49. The van der Waals surface area contributed by atoms with Crippen LogP contribution in [0, 0.1) is 23.2 Å². The Kier molecular flexibility index (Phi) is 4.65. The maximum absolute atomic E-state index is 13.6. The molecule has 6 fully saturated rings. The van der Waals surface area contributed by atoms with E-state index < -0.39 is 0 Å². The van der Waals surface area contributed by atoms with Gasteiger partial charge in [-0.15, -0.1) is 0 Å². The van der Waals surface area contributed by atoms with Crippen molar-refractivity contribution in [3.8, 4) is 0 Å². The predicted molar refractivity (Wildman–Crippen MR) is 117 cm³/mol. The molecule has 3 heterocycles. The van der Waals surface area contributed by atoms with E-state index in [4.69, 9.17) is 4.98 Å². The summed E-state index contributed by atoms with van der Waals surface area (Å²) >= 11 is 0. The number of hydrogen-bond acceptors (Lipinski definition) is 5. The summed E-state index contributed by atoms with van der Waals surface area (Å²) in [5.41, 5.74) is -0.00668. The molecule has 0 spiro atoms. The van der Waals surface area contributed by atoms with Crippen LogP contribution < -0.4 is 9.80 Å². The monoisotopic (exact) mass is 409 g/mol. The molecule has 1 aromatic heterocycles. The Morgan fingerprint density at radius 1 is 0.833 bits per heavy atom. The fourth-order valence-electron chi connectivity index (χ4n) is 7.61. The lowest BCUT2D eigenvalue weighted by molar-refractivity contribution is -0.158. The summed E-state index contributed by atoms with van der Waals surface area (Å²) in [6.45, 7) is 5.57. The number of carbonyl (C=O) groups excluding carboxylic acids is 1. The van der Waals surface area contributed by atoms with Crippen LogP contribution in [-0.2, 0) is 4.79 Å². The SMILES string of the molecule is O=C(N1CCN(c2ccnc(N3CCCCC3)n2)CC1)C12CC3CC(CC(C3)C1)C2. The lowest BCUT2D eigenvalue weighted by Gasteiger charge is -2.57. The van der Waals surface area contributed by atoms with Crippen molar-refractivity contribution < 1.29 is 4.79 Å². The Bertz CT molecular complexity index is 761. The highest BCUT2D eigenvalue weighted by atomic mass is 16.2. The smallest absolute Gasteiger partial charge is 0.228 e. The van der Waals surface area contributed by atoms with E-state index in [1.165, 1.54) is 57.8 Å². The summed E-state index contributed by atoms with van der Waals surface area (Å²) in [6.07, 6.45) is 13.4. The molecule has 2 saturated heterocycles. The molecule has 0 radical (unpaired) electrons. The van der Waals surface area contributed by atoms with Gasteiger partial charge in [0, 0.05) is 45.5 Å². The largest absolute Gasteiger partial charge is 0.353 e. The van der Waals surface area contributed by atoms with Crippen molar-refractivity contribution in [2.75, 3.05) is 49.1 Å². The molecule has 2 aliphatic heterocycles. The van der Waals surface area contributed by atoms with Gasteiger partial charge >= 0.3 is 0 Å². The number of nitrogens with zero attached hydrogens (tertiary/aromatic N) is 5. The number of piperazine rings is 1. The first-order chi connectivity index (χ1) is 14.7. The quantitative estimate of drug-likeness (QED) is 0.766. The van der Waals surface area contributed by atoms with Crippen molar-refractivity contribution in [3.63, 3.8) is 0 Å². The van der Waals surface area contributed by atoms with Gasteiger partial charge < -0.3 is 14.7 Å². The molecular weight excluding hydrogens is 374 g/mol. The standard InChI is InChI=1S/C24H35N5O/c30-22(24-15-18-12-19(16-24)14-20(13-18)17-24)28-10-8-27(9-11-28)21-4-5-25-23(26-21)29-6-2-1-3-7-29/h4-5,18-20H,1-3,6-17H2. The van der Waals surface area contributed by atoms with E-state index in [-0.39, 0.29) is 5.41 Å². The molecule has 0 unspecified atom stereocenters. The van der Waals surface area contributed by atoms with Gasteiger partial charge in [0.15, 0.2) is 0 Å². The average molecular weight is 410 g/mol. The summed E-state index contributed by atoms with van der Waals surface area (Å²) in [5, 5.41) is 0. The van der Waals surface area contributed by atoms with Crippen LogP contribution in [0.25, 0.3) is 0 Å². The maximum atomic E-state index is 13.6. The van der Waals surface area contributed by atoms with Gasteiger partial charge in [0.25, 0.3) is 0 Å². The van der Waals surface area contributed by atoms with Crippen molar-refractivity contribution in [1.82, 2.24) is 14.9 Å². The summed E-state index contributed by atoms with van der Waals surface area (Å²) in [5.74, 6) is 4.87. The minimum absolute atomic E-state index is 0.00668. The van der Waals surface area contributed by atoms with Crippen LogP contribution in [0.1, 0.15) is 57.8 Å². The molecule has 0 aromatic carbocycles. The highest BCUT2D eigenvalue weighted by Crippen LogP contribution is 2.60. The fourth-order valence-corrected chi connectivity index (χ4v) is 7.61. The second-order valence-corrected chi connectivity index (χ2v) is 10.7. The third-order valence-corrected chi connectivity index (χ3v) is 8.65. The Hall–Kier alpha value is -1.85. The zero-order chi connectivity index (χ0) is 20.1. The van der Waals surface area contributed by atoms with E-state index >= 15 is 0 Å². The molecule has 1 aromatic rings. The molecule has 1 amide bonds. The number of hydrogen-bond donors (Lipinski definition) is 0. The molecule has 0 atom stereocenters. The van der Waals surface area contributed by atoms with E-state index in [2.05, 4.69) is 19.7 Å². The number of amides is 1. The molecule has 6 heteroatoms. The second kappa shape index (κ2) is 7.38. The third-order valence-electron chi connectivity index (χ3n) is 8.65. The van der Waals surface area contributed by atoms with Crippen LogP contribution in [0.15, 0.2) is 12.3 Å². The fraction of sp³-hybridized carbons (Fsp3) is 0.792. The van der Waals surface area contributed by atoms with E-state index in [1.807, 2.05) is 12.3 Å². The summed E-state index contributed by atoms with van der Waals surface area (Å²) < 4.78 is 0. The van der Waals surface area contributed by atoms with Crippen molar-refractivity contribution in [2.24, 2.45) is 23.2 Å². The Morgan fingerprint density at radius 3 is 2.10 bits per heavy atom. The van der Waals surface area contributed by atoms with Gasteiger partial charge in [0.05, 0.1) is 5.41 Å². The van der Waals surface area contributed by atoms with Crippen LogP contribution in [0.2, 0.25) is 0 Å². The average Bonchev–Trinajstić information content (AvgIpc) is 2.78. The number of rotatable bonds is 3. The molecule has 6 aliphatic rings. The van der Waals surface area contributed by atoms with Crippen LogP contribution in [0.3, 0.4) is 0 Å². The van der Waals surface area contributed by atoms with Crippen LogP contribution in [0.4, 0.5) is 11.8 Å². The topological polar surface area (TPSA) is 52.6 Å². The second-order valence-electron chi connectivity index (χ2n) is 10.7. The lowest BCUT2D eigenvalue weighted by Crippen LogP contribution is -2.58. The highest BCUT2D eigenvalue weighted by Gasteiger charge is 2.55. The van der Waals surface area contributed by atoms with Crippen molar-refractivity contribution >= 4 is 17.7 Å². The minimum Gasteiger partial charge on any atom is -0.353 e. The Labute approximate surface area is 180 Å². The maximum Gasteiger partial charge on any atom is 0.228 e. The van der Waals surface area contributed by atoms with E-state index in [0.717, 1.165) is 68.8 Å². The molecule has 7 rings (SSSR count). The van der Waals surface area contributed by atoms with E-state index in [1.54, 1.807) is 0 Å². The number of carbonyl (C=O) groups is 1. The molecule has 4 saturated carbocycles. The molecular formula is C24H35N5O. The van der Waals surface area contributed by atoms with E-state index in [9.17, 15) is 4.79 Å². The van der Waals surface area contributed by atoms with E-state index in [0.29, 0.717) is 5.91 Å². The van der Waals surface area contributed by atoms with Gasteiger partial charge in [-0.3, -0.25) is 4.79 Å². The molecule has 30 heavy (non-hydrogen) atoms. The summed E-state index contributed by atoms with van der Waals surface area (Å²) in [6, 6.07) is 2.03. The van der Waals surface area contributed by atoms with Gasteiger partial charge in [-0.05, 0) is 81.6 Å². The first-order valence-electron chi connectivity index (χ1n) is 12.3. The molecule has 0 N–H and O–H groups in total. The number of anilines is 2. The molecule has 4 bridgehead atoms. The van der Waals surface area contributed by atoms with Crippen LogP contribution in [0.5, 0.6) is 0 Å². The summed E-state index contributed by atoms with van der Waals surface area (Å²) in [7, 11) is 0. The van der Waals surface area contributed by atoms with Crippen molar-refractivity contribution in [2.45, 2.75) is 57.8 Å². The van der Waals surface area contributed by atoms with Crippen LogP contribution >= 0.6 is 0 Å². The Balaban J connectivity index is 1.11. The number of aromatic nitrogens is 2. The van der Waals surface area contributed by atoms with Gasteiger partial charge in [-0.25, -0.2) is 4.98 Å². The molecule has 6 nitrogen and oxygen atoms in total. The summed E-state index contributed by atoms with van der Waals surface area (Å²) in [4.78, 5) is 29.9. The van der Waals surface area contributed by atoms with Gasteiger partial charge in [0.1, 0.15) is 5.82 Å². The predicted octanol–water partition coefficient (Wildman–Crippen LogP) is 3.33. The molecule has 162 valence electrons. The first-order valence-corrected chi connectivity index (χ1v) is 12.3. The van der Waals surface area contributed by atoms with Crippen molar-refractivity contribution in [1.29, 1.82) is 0 Å². The molecule has 4 aliphatic carbocycles. The zero-order valence-electron chi connectivity index (χ0n) is 18.1. The third kappa shape index (κ3) is 3.27. The normalized spacial score (nSPS) is 35.7. The van der Waals surface area contributed by atoms with Crippen LogP contribution in [-0.4, -0.2) is 60.0 Å². The Morgan fingerprint density at radius 2 is 1.47 bits per heavy atom. The first kappa shape index (κ1) is 18.9. The zero-order valence-corrected chi connectivity index (χ0v) is 18.1. The van der Waals surface area contributed by atoms with Gasteiger partial charge in [-0.2, -0.15) is 4.98 Å². The minimum atomic E-state index is -0.00668. The van der Waals surface area contributed by atoms with Crippen molar-refractivity contribution in [3.05, 3.63) is 12.3 Å². The number of piperidine rings is 1.